The van der Waals surface area contributed by atoms with Crippen LogP contribution in [0.5, 0.6) is 0 Å². The van der Waals surface area contributed by atoms with Crippen LogP contribution >= 0.6 is 0 Å². The number of carbonyl (C=O) groups is 2. The molecule has 0 atom stereocenters. The van der Waals surface area contributed by atoms with Gasteiger partial charge in [-0.05, 0) is 48.2 Å². The van der Waals surface area contributed by atoms with E-state index in [2.05, 4.69) is 17.4 Å². The molecule has 0 aliphatic rings. The van der Waals surface area contributed by atoms with Gasteiger partial charge in [0.25, 0.3) is 5.91 Å². The Balaban J connectivity index is 1.74. The molecule has 0 fully saturated rings. The van der Waals surface area contributed by atoms with Gasteiger partial charge in [-0.2, -0.15) is 0 Å². The average molecular weight is 359 g/mol. The molecule has 0 aliphatic heterocycles. The van der Waals surface area contributed by atoms with Crippen molar-refractivity contribution >= 4 is 17.6 Å². The molecule has 0 aliphatic carbocycles. The average Bonchev–Trinajstić information content (AvgIpc) is 2.72. The van der Waals surface area contributed by atoms with Crippen molar-refractivity contribution in [2.45, 2.75) is 12.8 Å². The Labute approximate surface area is 158 Å². The van der Waals surface area contributed by atoms with Crippen LogP contribution < -0.4 is 5.32 Å². The van der Waals surface area contributed by atoms with E-state index < -0.39 is 5.97 Å². The summed E-state index contributed by atoms with van der Waals surface area (Å²) in [4.78, 5) is 24.4. The van der Waals surface area contributed by atoms with E-state index in [1.807, 2.05) is 42.5 Å². The molecule has 1 amide bonds. The molecule has 3 aromatic rings. The normalized spacial score (nSPS) is 10.3. The Morgan fingerprint density at radius 2 is 1.59 bits per heavy atom. The number of esters is 1. The molecule has 0 radical (unpaired) electrons. The maximum atomic E-state index is 12.8. The Kier molecular flexibility index (Phi) is 6.00. The van der Waals surface area contributed by atoms with Gasteiger partial charge in [0.05, 0.1) is 12.7 Å². The predicted molar refractivity (Wildman–Crippen MR) is 106 cm³/mol. The van der Waals surface area contributed by atoms with Crippen molar-refractivity contribution in [2.75, 3.05) is 12.4 Å². The topological polar surface area (TPSA) is 55.4 Å². The summed E-state index contributed by atoms with van der Waals surface area (Å²) in [5.41, 5.74) is 3.81. The zero-order chi connectivity index (χ0) is 19.1. The number of rotatable bonds is 6. The van der Waals surface area contributed by atoms with E-state index in [0.717, 1.165) is 18.4 Å². The zero-order valence-electron chi connectivity index (χ0n) is 15.1. The summed E-state index contributed by atoms with van der Waals surface area (Å²) in [6, 6.07) is 24.5. The summed E-state index contributed by atoms with van der Waals surface area (Å²) in [6.07, 6.45) is 1.64. The fourth-order valence-electron chi connectivity index (χ4n) is 2.92. The smallest absolute Gasteiger partial charge is 0.337 e. The number of hydrogen-bond donors (Lipinski definition) is 1. The molecular weight excluding hydrogens is 338 g/mol. The number of anilines is 1. The van der Waals surface area contributed by atoms with Gasteiger partial charge in [-0.15, -0.1) is 0 Å². The molecule has 0 bridgehead atoms. The molecule has 27 heavy (non-hydrogen) atoms. The molecule has 4 heteroatoms. The van der Waals surface area contributed by atoms with Gasteiger partial charge < -0.3 is 10.1 Å². The van der Waals surface area contributed by atoms with E-state index in [1.165, 1.54) is 12.7 Å². The Morgan fingerprint density at radius 3 is 2.37 bits per heavy atom. The molecule has 0 aromatic heterocycles. The van der Waals surface area contributed by atoms with Crippen LogP contribution in [0.15, 0.2) is 78.9 Å². The van der Waals surface area contributed by atoms with Crippen LogP contribution in [0.4, 0.5) is 5.69 Å². The van der Waals surface area contributed by atoms with Gasteiger partial charge >= 0.3 is 5.97 Å². The van der Waals surface area contributed by atoms with Crippen molar-refractivity contribution in [3.05, 3.63) is 101 Å². The maximum Gasteiger partial charge on any atom is 0.337 e. The number of amides is 1. The number of nitrogens with one attached hydrogen (secondary N) is 1. The Bertz CT molecular complexity index is 935. The van der Waals surface area contributed by atoms with Gasteiger partial charge in [-0.1, -0.05) is 54.6 Å². The molecular formula is C23H21NO3. The molecule has 1 N–H and O–H groups in total. The number of carbonyl (C=O) groups excluding carboxylic acids is 2. The first kappa shape index (κ1) is 18.4. The third-order valence-electron chi connectivity index (χ3n) is 4.33. The van der Waals surface area contributed by atoms with Crippen LogP contribution in [0, 0.1) is 0 Å². The van der Waals surface area contributed by atoms with Crippen molar-refractivity contribution in [1.82, 2.24) is 0 Å². The van der Waals surface area contributed by atoms with Crippen molar-refractivity contribution in [3.8, 4) is 0 Å². The second-order valence-corrected chi connectivity index (χ2v) is 6.17. The standard InChI is InChI=1S/C23H21NO3/c1-27-23(26)19-11-7-12-20(16-19)24-22(25)21-13-6-5-10-18(21)15-14-17-8-3-2-4-9-17/h2-13,16H,14-15H2,1H3,(H,24,25). The van der Waals surface area contributed by atoms with E-state index >= 15 is 0 Å². The third-order valence-corrected chi connectivity index (χ3v) is 4.33. The minimum Gasteiger partial charge on any atom is -0.465 e. The first-order valence-corrected chi connectivity index (χ1v) is 8.79. The highest BCUT2D eigenvalue weighted by atomic mass is 16.5. The summed E-state index contributed by atoms with van der Waals surface area (Å²) in [7, 11) is 1.33. The van der Waals surface area contributed by atoms with E-state index in [4.69, 9.17) is 4.74 Å². The molecule has 0 spiro atoms. The van der Waals surface area contributed by atoms with Gasteiger partial charge in [0.1, 0.15) is 0 Å². The number of methoxy groups -OCH3 is 1. The summed E-state index contributed by atoms with van der Waals surface area (Å²) < 4.78 is 4.72. The highest BCUT2D eigenvalue weighted by Gasteiger charge is 2.12. The first-order valence-electron chi connectivity index (χ1n) is 8.79. The lowest BCUT2D eigenvalue weighted by Crippen LogP contribution is -2.15. The number of ether oxygens (including phenoxy) is 1. The lowest BCUT2D eigenvalue weighted by Gasteiger charge is -2.11. The van der Waals surface area contributed by atoms with E-state index in [0.29, 0.717) is 16.8 Å². The van der Waals surface area contributed by atoms with Crippen LogP contribution in [-0.2, 0) is 17.6 Å². The SMILES string of the molecule is COC(=O)c1cccc(NC(=O)c2ccccc2CCc2ccccc2)c1. The molecule has 136 valence electrons. The van der Waals surface area contributed by atoms with Crippen LogP contribution in [0.1, 0.15) is 31.8 Å². The third kappa shape index (κ3) is 4.82. The fourth-order valence-corrected chi connectivity index (χ4v) is 2.92. The largest absolute Gasteiger partial charge is 0.465 e. The first-order chi connectivity index (χ1) is 13.2. The quantitative estimate of drug-likeness (QED) is 0.659. The van der Waals surface area contributed by atoms with Gasteiger partial charge in [0.2, 0.25) is 0 Å². The summed E-state index contributed by atoms with van der Waals surface area (Å²) in [6.45, 7) is 0. The van der Waals surface area contributed by atoms with Gasteiger partial charge in [0, 0.05) is 11.3 Å². The monoisotopic (exact) mass is 359 g/mol. The molecule has 0 saturated carbocycles. The van der Waals surface area contributed by atoms with Crippen LogP contribution in [0.3, 0.4) is 0 Å². The maximum absolute atomic E-state index is 12.8. The fraction of sp³-hybridized carbons (Fsp3) is 0.130. The van der Waals surface area contributed by atoms with Gasteiger partial charge in [-0.25, -0.2) is 4.79 Å². The predicted octanol–water partition coefficient (Wildman–Crippen LogP) is 4.51. The van der Waals surface area contributed by atoms with E-state index in [1.54, 1.807) is 24.3 Å². The van der Waals surface area contributed by atoms with Crippen molar-refractivity contribution in [1.29, 1.82) is 0 Å². The zero-order valence-corrected chi connectivity index (χ0v) is 15.1. The molecule has 4 nitrogen and oxygen atoms in total. The molecule has 0 saturated heterocycles. The highest BCUT2D eigenvalue weighted by Crippen LogP contribution is 2.17. The Morgan fingerprint density at radius 1 is 0.852 bits per heavy atom. The van der Waals surface area contributed by atoms with Crippen LogP contribution in [-0.4, -0.2) is 19.0 Å². The van der Waals surface area contributed by atoms with Gasteiger partial charge in [0.15, 0.2) is 0 Å². The van der Waals surface area contributed by atoms with Crippen LogP contribution in [0.25, 0.3) is 0 Å². The van der Waals surface area contributed by atoms with Crippen LogP contribution in [0.2, 0.25) is 0 Å². The molecule has 3 aromatic carbocycles. The Hall–Kier alpha value is -3.40. The lowest BCUT2D eigenvalue weighted by atomic mass is 9.99. The highest BCUT2D eigenvalue weighted by molar-refractivity contribution is 6.05. The number of hydrogen-bond acceptors (Lipinski definition) is 3. The van der Waals surface area contributed by atoms with E-state index in [9.17, 15) is 9.59 Å². The van der Waals surface area contributed by atoms with Gasteiger partial charge in [-0.3, -0.25) is 4.79 Å². The van der Waals surface area contributed by atoms with Crippen molar-refractivity contribution < 1.29 is 14.3 Å². The van der Waals surface area contributed by atoms with Crippen molar-refractivity contribution in [3.63, 3.8) is 0 Å². The molecule has 3 rings (SSSR count). The molecule has 0 heterocycles. The number of aryl methyl sites for hydroxylation is 2. The lowest BCUT2D eigenvalue weighted by molar-refractivity contribution is 0.0600. The summed E-state index contributed by atoms with van der Waals surface area (Å²) >= 11 is 0. The van der Waals surface area contributed by atoms with E-state index in [-0.39, 0.29) is 5.91 Å². The van der Waals surface area contributed by atoms with Crippen molar-refractivity contribution in [2.24, 2.45) is 0 Å². The second kappa shape index (κ2) is 8.81. The number of benzene rings is 3. The minimum atomic E-state index is -0.436. The summed E-state index contributed by atoms with van der Waals surface area (Å²) in [5, 5.41) is 2.87. The molecule has 0 unspecified atom stereocenters. The summed E-state index contributed by atoms with van der Waals surface area (Å²) in [5.74, 6) is -0.630. The second-order valence-electron chi connectivity index (χ2n) is 6.17. The minimum absolute atomic E-state index is 0.194.